The molecule has 0 bridgehead atoms. The van der Waals surface area contributed by atoms with Crippen molar-refractivity contribution < 1.29 is 8.42 Å². The number of rotatable bonds is 4. The summed E-state index contributed by atoms with van der Waals surface area (Å²) in [5.41, 5.74) is 6.47. The summed E-state index contributed by atoms with van der Waals surface area (Å²) in [6.45, 7) is 0.949. The van der Waals surface area contributed by atoms with Crippen molar-refractivity contribution in [1.82, 2.24) is 14.0 Å². The van der Waals surface area contributed by atoms with Crippen LogP contribution in [0, 0.1) is 0 Å². The van der Waals surface area contributed by atoms with Crippen LogP contribution in [0.3, 0.4) is 0 Å². The first kappa shape index (κ1) is 15.6. The van der Waals surface area contributed by atoms with E-state index in [1.165, 1.54) is 15.7 Å². The molecular weight excluding hydrogens is 368 g/mol. The number of aromatic nitrogens is 3. The fourth-order valence-electron chi connectivity index (χ4n) is 2.83. The normalized spacial score (nSPS) is 12.4. The molecule has 0 spiro atoms. The number of benzene rings is 1. The molecule has 1 aromatic carbocycles. The van der Waals surface area contributed by atoms with E-state index in [4.69, 9.17) is 17.3 Å². The summed E-state index contributed by atoms with van der Waals surface area (Å²) in [5.74, 6) is 0. The molecule has 24 heavy (non-hydrogen) atoms. The highest BCUT2D eigenvalue weighted by atomic mass is 35.5. The topological polar surface area (TPSA) is 82.4 Å². The second-order valence-corrected chi connectivity index (χ2v) is 8.32. The smallest absolute Gasteiger partial charge is 0.227 e. The summed E-state index contributed by atoms with van der Waals surface area (Å²) >= 11 is 7.46. The third kappa shape index (κ3) is 2.18. The molecule has 4 aromatic rings. The number of imidazole rings is 1. The van der Waals surface area contributed by atoms with E-state index in [2.05, 4.69) is 4.98 Å². The van der Waals surface area contributed by atoms with Gasteiger partial charge in [-0.25, -0.2) is 13.4 Å². The molecule has 0 aliphatic rings. The number of hydrogen-bond acceptors (Lipinski definition) is 5. The minimum absolute atomic E-state index is 0.00364. The molecular formula is C15H13ClN4O2S2. The average molecular weight is 381 g/mol. The molecule has 2 N–H and O–H groups in total. The molecule has 4 rings (SSSR count). The number of nitrogens with zero attached hydrogens (tertiary/aromatic N) is 3. The van der Waals surface area contributed by atoms with Crippen LogP contribution in [0.5, 0.6) is 0 Å². The lowest BCUT2D eigenvalue weighted by molar-refractivity contribution is 0.591. The predicted molar refractivity (Wildman–Crippen MR) is 94.5 cm³/mol. The van der Waals surface area contributed by atoms with Gasteiger partial charge in [0.2, 0.25) is 9.84 Å². The number of sulfone groups is 1. The van der Waals surface area contributed by atoms with Gasteiger partial charge in [-0.3, -0.25) is 4.40 Å². The quantitative estimate of drug-likeness (QED) is 0.590. The number of fused-ring (bicyclic) bond motifs is 2. The fraction of sp³-hybridized carbons (Fsp3) is 0.133. The zero-order valence-corrected chi connectivity index (χ0v) is 14.8. The Labute approximate surface area is 147 Å². The zero-order chi connectivity index (χ0) is 16.9. The molecule has 0 saturated carbocycles. The number of thiazole rings is 1. The number of hydrogen-bond donors (Lipinski definition) is 1. The summed E-state index contributed by atoms with van der Waals surface area (Å²) < 4.78 is 29.9. The Balaban J connectivity index is 2.03. The summed E-state index contributed by atoms with van der Waals surface area (Å²) in [7, 11) is -3.83. The van der Waals surface area contributed by atoms with E-state index in [-0.39, 0.29) is 15.1 Å². The van der Waals surface area contributed by atoms with Gasteiger partial charge in [0.05, 0.1) is 4.90 Å². The summed E-state index contributed by atoms with van der Waals surface area (Å²) in [6.07, 6.45) is 3.28. The first-order valence-corrected chi connectivity index (χ1v) is 9.92. The molecule has 3 heterocycles. The number of para-hydroxylation sites is 1. The van der Waals surface area contributed by atoms with Gasteiger partial charge in [-0.2, -0.15) is 0 Å². The van der Waals surface area contributed by atoms with Crippen molar-refractivity contribution in [2.45, 2.75) is 16.5 Å². The summed E-state index contributed by atoms with van der Waals surface area (Å²) in [6, 6.07) is 7.35. The third-order valence-corrected chi connectivity index (χ3v) is 6.78. The maximum absolute atomic E-state index is 13.3. The van der Waals surface area contributed by atoms with Gasteiger partial charge in [0.25, 0.3) is 0 Å². The number of nitrogens with two attached hydrogens (primary N) is 1. The van der Waals surface area contributed by atoms with Gasteiger partial charge in [-0.1, -0.05) is 29.8 Å². The van der Waals surface area contributed by atoms with Gasteiger partial charge in [-0.15, -0.1) is 11.3 Å². The van der Waals surface area contributed by atoms with Crippen molar-refractivity contribution in [3.05, 3.63) is 47.2 Å². The molecule has 0 fully saturated rings. The van der Waals surface area contributed by atoms with Gasteiger partial charge in [0.1, 0.15) is 0 Å². The van der Waals surface area contributed by atoms with E-state index in [9.17, 15) is 8.42 Å². The Hall–Kier alpha value is -1.87. The molecule has 0 unspecified atom stereocenters. The lowest BCUT2D eigenvalue weighted by Gasteiger charge is -2.02. The standard InChI is InChI=1S/C15H13ClN4O2S2/c16-13-14(20-7-8-23-15(20)18-13)24(21,22)12-9-19(6-5-17)11-4-2-1-3-10(11)12/h1-4,7-9H,5-6,17H2. The first-order valence-electron chi connectivity index (χ1n) is 7.18. The van der Waals surface area contributed by atoms with Crippen LogP contribution < -0.4 is 5.73 Å². The number of halogens is 1. The van der Waals surface area contributed by atoms with Crippen molar-refractivity contribution in [3.8, 4) is 0 Å². The average Bonchev–Trinajstić information content (AvgIpc) is 3.20. The van der Waals surface area contributed by atoms with Gasteiger partial charge in [0.15, 0.2) is 15.1 Å². The van der Waals surface area contributed by atoms with Crippen molar-refractivity contribution in [2.75, 3.05) is 6.54 Å². The highest BCUT2D eigenvalue weighted by molar-refractivity contribution is 7.91. The van der Waals surface area contributed by atoms with Crippen LogP contribution in [0.1, 0.15) is 0 Å². The molecule has 124 valence electrons. The highest BCUT2D eigenvalue weighted by Gasteiger charge is 2.30. The van der Waals surface area contributed by atoms with Crippen molar-refractivity contribution in [2.24, 2.45) is 5.73 Å². The minimum Gasteiger partial charge on any atom is -0.345 e. The Morgan fingerprint density at radius 2 is 2.08 bits per heavy atom. The molecule has 0 saturated heterocycles. The lowest BCUT2D eigenvalue weighted by Crippen LogP contribution is -2.09. The van der Waals surface area contributed by atoms with E-state index in [1.807, 2.05) is 22.8 Å². The maximum Gasteiger partial charge on any atom is 0.227 e. The molecule has 0 atom stereocenters. The first-order chi connectivity index (χ1) is 11.5. The monoisotopic (exact) mass is 380 g/mol. The minimum atomic E-state index is -3.83. The van der Waals surface area contributed by atoms with Gasteiger partial charge in [-0.05, 0) is 6.07 Å². The van der Waals surface area contributed by atoms with E-state index in [1.54, 1.807) is 23.8 Å². The van der Waals surface area contributed by atoms with Crippen molar-refractivity contribution in [1.29, 1.82) is 0 Å². The van der Waals surface area contributed by atoms with Crippen LogP contribution in [-0.4, -0.2) is 28.9 Å². The molecule has 0 aliphatic heterocycles. The van der Waals surface area contributed by atoms with Crippen LogP contribution in [-0.2, 0) is 16.4 Å². The van der Waals surface area contributed by atoms with Crippen LogP contribution in [0.2, 0.25) is 5.15 Å². The van der Waals surface area contributed by atoms with Gasteiger partial charge < -0.3 is 10.3 Å². The Kier molecular flexibility index (Phi) is 3.65. The second kappa shape index (κ2) is 5.59. The summed E-state index contributed by atoms with van der Waals surface area (Å²) in [5, 5.41) is 2.40. The summed E-state index contributed by atoms with van der Waals surface area (Å²) in [4.78, 5) is 4.88. The molecule has 6 nitrogen and oxygen atoms in total. The highest BCUT2D eigenvalue weighted by Crippen LogP contribution is 2.34. The van der Waals surface area contributed by atoms with Gasteiger partial charge >= 0.3 is 0 Å². The van der Waals surface area contributed by atoms with E-state index in [0.717, 1.165) is 5.52 Å². The van der Waals surface area contributed by atoms with Crippen LogP contribution in [0.4, 0.5) is 0 Å². The third-order valence-electron chi connectivity index (χ3n) is 3.84. The molecule has 0 radical (unpaired) electrons. The van der Waals surface area contributed by atoms with Crippen LogP contribution in [0.15, 0.2) is 52.0 Å². The second-order valence-electron chi connectivity index (χ2n) is 5.26. The molecule has 0 amide bonds. The SMILES string of the molecule is NCCn1cc(S(=O)(=O)c2c(Cl)nc3sccn23)c2ccccc21. The zero-order valence-electron chi connectivity index (χ0n) is 12.4. The van der Waals surface area contributed by atoms with E-state index < -0.39 is 9.84 Å². The van der Waals surface area contributed by atoms with E-state index >= 15 is 0 Å². The van der Waals surface area contributed by atoms with Crippen molar-refractivity contribution in [3.63, 3.8) is 0 Å². The molecule has 0 aliphatic carbocycles. The molecule has 9 heteroatoms. The van der Waals surface area contributed by atoms with Crippen molar-refractivity contribution >= 4 is 48.6 Å². The lowest BCUT2D eigenvalue weighted by atomic mass is 10.2. The van der Waals surface area contributed by atoms with Crippen LogP contribution in [0.25, 0.3) is 15.9 Å². The molecule has 3 aromatic heterocycles. The fourth-order valence-corrected chi connectivity index (χ4v) is 5.74. The Morgan fingerprint density at radius 1 is 1.29 bits per heavy atom. The Morgan fingerprint density at radius 3 is 2.88 bits per heavy atom. The van der Waals surface area contributed by atoms with Crippen LogP contribution >= 0.6 is 22.9 Å². The predicted octanol–water partition coefficient (Wildman–Crippen LogP) is 2.80. The maximum atomic E-state index is 13.3. The van der Waals surface area contributed by atoms with E-state index in [0.29, 0.717) is 23.4 Å². The Bertz CT molecular complexity index is 1160. The largest absolute Gasteiger partial charge is 0.345 e. The van der Waals surface area contributed by atoms with Gasteiger partial charge in [0, 0.05) is 41.8 Å².